The van der Waals surface area contributed by atoms with Crippen LogP contribution in [0.4, 0.5) is 14.5 Å². The fourth-order valence-electron chi connectivity index (χ4n) is 2.37. The molecule has 1 aromatic rings. The van der Waals surface area contributed by atoms with Crippen LogP contribution in [-0.2, 0) is 4.79 Å². The van der Waals surface area contributed by atoms with Crippen molar-refractivity contribution in [2.45, 2.75) is 32.2 Å². The van der Waals surface area contributed by atoms with Gasteiger partial charge in [0.15, 0.2) is 0 Å². The molecule has 19 heavy (non-hydrogen) atoms. The molecule has 1 fully saturated rings. The van der Waals surface area contributed by atoms with Crippen LogP contribution in [0.25, 0.3) is 0 Å². The largest absolute Gasteiger partial charge is 0.326 e. The van der Waals surface area contributed by atoms with Crippen molar-refractivity contribution in [2.75, 3.05) is 11.9 Å². The summed E-state index contributed by atoms with van der Waals surface area (Å²) in [5.41, 5.74) is 0.366. The number of carbonyl (C=O) groups excluding carboxylic acids is 1. The lowest BCUT2D eigenvalue weighted by atomic mass is 9.92. The molecule has 0 spiro atoms. The van der Waals surface area contributed by atoms with Crippen LogP contribution in [0.3, 0.4) is 0 Å². The van der Waals surface area contributed by atoms with Gasteiger partial charge in [0.1, 0.15) is 0 Å². The number of amides is 1. The first-order valence-corrected chi connectivity index (χ1v) is 6.48. The van der Waals surface area contributed by atoms with E-state index in [0.29, 0.717) is 11.7 Å². The molecule has 2 atom stereocenters. The van der Waals surface area contributed by atoms with E-state index in [1.165, 1.54) is 18.2 Å². The monoisotopic (exact) mass is 268 g/mol. The van der Waals surface area contributed by atoms with Crippen molar-refractivity contribution in [1.29, 1.82) is 0 Å². The number of nitrogens with one attached hydrogen (secondary N) is 2. The maximum absolute atomic E-state index is 12.6. The molecule has 104 valence electrons. The Balaban J connectivity index is 2.00. The normalized spacial score (nSPS) is 23.4. The summed E-state index contributed by atoms with van der Waals surface area (Å²) < 4.78 is 25.1. The predicted octanol–water partition coefficient (Wildman–Crippen LogP) is 2.95. The minimum atomic E-state index is -2.52. The number of benzene rings is 1. The Bertz CT molecular complexity index is 451. The second-order valence-corrected chi connectivity index (χ2v) is 4.99. The van der Waals surface area contributed by atoms with E-state index in [-0.39, 0.29) is 17.4 Å². The molecule has 1 aliphatic rings. The summed E-state index contributed by atoms with van der Waals surface area (Å²) in [6.07, 6.45) is -0.957. The molecule has 0 bridgehead atoms. The minimum Gasteiger partial charge on any atom is -0.326 e. The number of alkyl halides is 2. The van der Waals surface area contributed by atoms with E-state index >= 15 is 0 Å². The van der Waals surface area contributed by atoms with Crippen LogP contribution < -0.4 is 10.6 Å². The first-order valence-electron chi connectivity index (χ1n) is 6.48. The molecule has 1 saturated heterocycles. The van der Waals surface area contributed by atoms with Crippen molar-refractivity contribution in [3.05, 3.63) is 29.8 Å². The van der Waals surface area contributed by atoms with Crippen molar-refractivity contribution >= 4 is 11.6 Å². The van der Waals surface area contributed by atoms with Gasteiger partial charge in [-0.25, -0.2) is 8.78 Å². The van der Waals surface area contributed by atoms with E-state index < -0.39 is 6.43 Å². The molecule has 1 amide bonds. The van der Waals surface area contributed by atoms with E-state index in [0.717, 1.165) is 19.4 Å². The zero-order valence-electron chi connectivity index (χ0n) is 10.8. The van der Waals surface area contributed by atoms with Gasteiger partial charge >= 0.3 is 0 Å². The predicted molar refractivity (Wildman–Crippen MR) is 70.2 cm³/mol. The van der Waals surface area contributed by atoms with Crippen LogP contribution in [0, 0.1) is 5.92 Å². The Morgan fingerprint density at radius 2 is 2.26 bits per heavy atom. The number of piperidine rings is 1. The Hall–Kier alpha value is -1.49. The van der Waals surface area contributed by atoms with Gasteiger partial charge in [-0.2, -0.15) is 0 Å². The number of carbonyl (C=O) groups is 1. The van der Waals surface area contributed by atoms with E-state index in [1.807, 2.05) is 6.92 Å². The molecule has 2 N–H and O–H groups in total. The highest BCUT2D eigenvalue weighted by Crippen LogP contribution is 2.23. The van der Waals surface area contributed by atoms with Crippen LogP contribution >= 0.6 is 0 Å². The highest BCUT2D eigenvalue weighted by Gasteiger charge is 2.24. The molecule has 0 aliphatic carbocycles. The van der Waals surface area contributed by atoms with E-state index in [1.54, 1.807) is 6.07 Å². The highest BCUT2D eigenvalue weighted by atomic mass is 19.3. The molecular weight excluding hydrogens is 250 g/mol. The second kappa shape index (κ2) is 6.10. The lowest BCUT2D eigenvalue weighted by Gasteiger charge is -2.27. The maximum Gasteiger partial charge on any atom is 0.263 e. The van der Waals surface area contributed by atoms with Gasteiger partial charge in [0.05, 0.1) is 0 Å². The lowest BCUT2D eigenvalue weighted by Crippen LogP contribution is -2.40. The third-order valence-electron chi connectivity index (χ3n) is 3.40. The average Bonchev–Trinajstić information content (AvgIpc) is 2.39. The van der Waals surface area contributed by atoms with Gasteiger partial charge in [-0.3, -0.25) is 4.79 Å². The molecule has 2 rings (SSSR count). The van der Waals surface area contributed by atoms with E-state index in [4.69, 9.17) is 0 Å². The quantitative estimate of drug-likeness (QED) is 0.885. The van der Waals surface area contributed by atoms with Crippen LogP contribution in [0.15, 0.2) is 24.3 Å². The third-order valence-corrected chi connectivity index (χ3v) is 3.40. The van der Waals surface area contributed by atoms with Gasteiger partial charge in [0.25, 0.3) is 6.43 Å². The molecular formula is C14H18F2N2O. The van der Waals surface area contributed by atoms with Crippen LogP contribution in [-0.4, -0.2) is 18.5 Å². The van der Waals surface area contributed by atoms with Gasteiger partial charge in [-0.05, 0) is 38.4 Å². The van der Waals surface area contributed by atoms with Crippen molar-refractivity contribution in [2.24, 2.45) is 5.92 Å². The number of anilines is 1. The van der Waals surface area contributed by atoms with Crippen LogP contribution in [0.2, 0.25) is 0 Å². The average molecular weight is 268 g/mol. The topological polar surface area (TPSA) is 41.1 Å². The minimum absolute atomic E-state index is 0.0496. The molecule has 0 saturated carbocycles. The molecule has 0 aromatic heterocycles. The van der Waals surface area contributed by atoms with Gasteiger partial charge in [-0.1, -0.05) is 12.1 Å². The second-order valence-electron chi connectivity index (χ2n) is 4.99. The molecule has 1 aliphatic heterocycles. The molecule has 3 nitrogen and oxygen atoms in total. The molecule has 0 unspecified atom stereocenters. The fraction of sp³-hybridized carbons (Fsp3) is 0.500. The van der Waals surface area contributed by atoms with Gasteiger partial charge < -0.3 is 10.6 Å². The first kappa shape index (κ1) is 13.9. The molecule has 0 radical (unpaired) electrons. The summed E-state index contributed by atoms with van der Waals surface area (Å²) in [4.78, 5) is 12.1. The zero-order valence-corrected chi connectivity index (χ0v) is 10.8. The Morgan fingerprint density at radius 3 is 2.95 bits per heavy atom. The molecule has 5 heteroatoms. The number of hydrogen-bond acceptors (Lipinski definition) is 2. The van der Waals surface area contributed by atoms with Gasteiger partial charge in [0, 0.05) is 23.2 Å². The van der Waals surface area contributed by atoms with Crippen LogP contribution in [0.5, 0.6) is 0 Å². The number of hydrogen-bond donors (Lipinski definition) is 2. The summed E-state index contributed by atoms with van der Waals surface area (Å²) >= 11 is 0. The summed E-state index contributed by atoms with van der Waals surface area (Å²) in [6.45, 7) is 2.85. The fourth-order valence-corrected chi connectivity index (χ4v) is 2.37. The maximum atomic E-state index is 12.6. The van der Waals surface area contributed by atoms with Crippen LogP contribution in [0.1, 0.15) is 31.8 Å². The Kier molecular flexibility index (Phi) is 4.47. The van der Waals surface area contributed by atoms with E-state index in [2.05, 4.69) is 10.6 Å². The number of halogens is 2. The van der Waals surface area contributed by atoms with Gasteiger partial charge in [0.2, 0.25) is 5.91 Å². The smallest absolute Gasteiger partial charge is 0.263 e. The number of rotatable bonds is 3. The summed E-state index contributed by atoms with van der Waals surface area (Å²) in [5, 5.41) is 6.00. The Morgan fingerprint density at radius 1 is 1.47 bits per heavy atom. The Labute approximate surface area is 111 Å². The first-order chi connectivity index (χ1) is 9.06. The van der Waals surface area contributed by atoms with Gasteiger partial charge in [-0.15, -0.1) is 0 Å². The van der Waals surface area contributed by atoms with E-state index in [9.17, 15) is 13.6 Å². The van der Waals surface area contributed by atoms with Crippen molar-refractivity contribution in [3.8, 4) is 0 Å². The van der Waals surface area contributed by atoms with Crippen molar-refractivity contribution < 1.29 is 13.6 Å². The SMILES string of the molecule is C[C@H]1C[C@@H](C(=O)Nc2cccc(C(F)F)c2)CCN1. The van der Waals surface area contributed by atoms with Crippen molar-refractivity contribution in [1.82, 2.24) is 5.32 Å². The zero-order chi connectivity index (χ0) is 13.8. The lowest BCUT2D eigenvalue weighted by molar-refractivity contribution is -0.120. The third kappa shape index (κ3) is 3.73. The van der Waals surface area contributed by atoms with Crippen molar-refractivity contribution in [3.63, 3.8) is 0 Å². The molecule has 1 aromatic carbocycles. The molecule has 1 heterocycles. The standard InChI is InChI=1S/C14H18F2N2O/c1-9-7-11(5-6-17-9)14(19)18-12-4-2-3-10(8-12)13(15)16/h2-4,8-9,11,13,17H,5-7H2,1H3,(H,18,19)/t9-,11-/m0/s1. The summed E-state index contributed by atoms with van der Waals surface area (Å²) in [6, 6.07) is 6.16. The highest BCUT2D eigenvalue weighted by molar-refractivity contribution is 5.92. The summed E-state index contributed by atoms with van der Waals surface area (Å²) in [7, 11) is 0. The summed E-state index contributed by atoms with van der Waals surface area (Å²) in [5.74, 6) is -0.133.